The predicted molar refractivity (Wildman–Crippen MR) is 152 cm³/mol. The number of benzene rings is 3. The van der Waals surface area contributed by atoms with Crippen LogP contribution in [0.2, 0.25) is 5.02 Å². The van der Waals surface area contributed by atoms with E-state index in [2.05, 4.69) is 15.6 Å². The van der Waals surface area contributed by atoms with Gasteiger partial charge in [-0.1, -0.05) is 54.1 Å². The van der Waals surface area contributed by atoms with Crippen molar-refractivity contribution < 1.29 is 24.2 Å². The number of ether oxygens (including phenoxy) is 1. The van der Waals surface area contributed by atoms with Gasteiger partial charge in [0.15, 0.2) is 0 Å². The van der Waals surface area contributed by atoms with Gasteiger partial charge in [-0.25, -0.2) is 9.59 Å². The molecule has 2 amide bonds. The first-order valence-corrected chi connectivity index (χ1v) is 13.5. The van der Waals surface area contributed by atoms with Crippen LogP contribution in [-0.2, 0) is 11.2 Å². The fraction of sp³-hybridized carbons (Fsp3) is 0.172. The maximum Gasteiger partial charge on any atom is 0.412 e. The molecule has 1 heterocycles. The fourth-order valence-corrected chi connectivity index (χ4v) is 5.08. The number of aliphatic carboxylic acids is 1. The number of carboxylic acids is 1. The van der Waals surface area contributed by atoms with E-state index < -0.39 is 24.0 Å². The zero-order chi connectivity index (χ0) is 27.8. The molecule has 1 aromatic heterocycles. The number of amides is 2. The Balaban J connectivity index is 1.25. The van der Waals surface area contributed by atoms with E-state index in [4.69, 9.17) is 16.3 Å². The highest BCUT2D eigenvalue weighted by atomic mass is 35.5. The van der Waals surface area contributed by atoms with Crippen LogP contribution in [-0.4, -0.2) is 46.4 Å². The Kier molecular flexibility index (Phi) is 9.40. The summed E-state index contributed by atoms with van der Waals surface area (Å²) >= 11 is 7.67. The molecule has 4 aromatic rings. The molecule has 10 heteroatoms. The molecule has 200 valence electrons. The minimum atomic E-state index is -1.18. The number of para-hydroxylation sites is 1. The average molecular weight is 564 g/mol. The van der Waals surface area contributed by atoms with Gasteiger partial charge in [0.1, 0.15) is 11.8 Å². The van der Waals surface area contributed by atoms with Crippen molar-refractivity contribution in [3.63, 3.8) is 0 Å². The van der Waals surface area contributed by atoms with Crippen LogP contribution in [0.5, 0.6) is 5.75 Å². The SMILES string of the molecule is Cc1cc(SCCNC(=O)Oc2ccc(CC(NC(=O)c3ccccc3Cl)C(=O)O)cc2)c2ccccc2n1. The molecule has 4 rings (SSSR count). The standard InChI is InChI=1S/C29H26ClN3O5S/c1-18-16-26(22-7-3-5-9-24(22)32-18)39-15-14-31-29(37)38-20-12-10-19(11-13-20)17-25(28(35)36)33-27(34)21-6-2-4-8-23(21)30/h2-13,16,25H,14-15,17H2,1H3,(H,31,37)(H,33,34)(H,35,36). The minimum Gasteiger partial charge on any atom is -0.480 e. The van der Waals surface area contributed by atoms with Crippen LogP contribution in [0.4, 0.5) is 4.79 Å². The third kappa shape index (κ3) is 7.72. The van der Waals surface area contributed by atoms with Crippen LogP contribution in [0.15, 0.2) is 83.8 Å². The van der Waals surface area contributed by atoms with Crippen LogP contribution < -0.4 is 15.4 Å². The molecule has 0 aliphatic carbocycles. The summed E-state index contributed by atoms with van der Waals surface area (Å²) in [6.45, 7) is 2.36. The smallest absolute Gasteiger partial charge is 0.412 e. The number of hydrogen-bond donors (Lipinski definition) is 3. The number of halogens is 1. The fourth-order valence-electron chi connectivity index (χ4n) is 3.86. The summed E-state index contributed by atoms with van der Waals surface area (Å²) in [7, 11) is 0. The van der Waals surface area contributed by atoms with E-state index in [0.29, 0.717) is 23.6 Å². The van der Waals surface area contributed by atoms with Crippen LogP contribution in [0, 0.1) is 6.92 Å². The second kappa shape index (κ2) is 13.1. The van der Waals surface area contributed by atoms with E-state index >= 15 is 0 Å². The summed E-state index contributed by atoms with van der Waals surface area (Å²) < 4.78 is 5.33. The number of fused-ring (bicyclic) bond motifs is 1. The first kappa shape index (κ1) is 27.9. The summed E-state index contributed by atoms with van der Waals surface area (Å²) in [5.74, 6) is -0.789. The van der Waals surface area contributed by atoms with Gasteiger partial charge in [0, 0.05) is 34.7 Å². The molecule has 0 fully saturated rings. The largest absolute Gasteiger partial charge is 0.480 e. The lowest BCUT2D eigenvalue weighted by Crippen LogP contribution is -2.42. The van der Waals surface area contributed by atoms with Crippen molar-refractivity contribution in [1.29, 1.82) is 0 Å². The molecular weight excluding hydrogens is 538 g/mol. The van der Waals surface area contributed by atoms with Crippen molar-refractivity contribution in [2.24, 2.45) is 0 Å². The number of aromatic nitrogens is 1. The van der Waals surface area contributed by atoms with E-state index in [1.807, 2.05) is 37.3 Å². The molecule has 1 atom stereocenters. The third-order valence-electron chi connectivity index (χ3n) is 5.73. The highest BCUT2D eigenvalue weighted by molar-refractivity contribution is 7.99. The van der Waals surface area contributed by atoms with Gasteiger partial charge in [-0.15, -0.1) is 11.8 Å². The molecule has 3 N–H and O–H groups in total. The number of pyridine rings is 1. The lowest BCUT2D eigenvalue weighted by molar-refractivity contribution is -0.139. The van der Waals surface area contributed by atoms with Gasteiger partial charge in [0.25, 0.3) is 5.91 Å². The number of carboxylic acid groups (broad SMARTS) is 1. The second-order valence-corrected chi connectivity index (χ2v) is 10.2. The molecule has 0 saturated carbocycles. The van der Waals surface area contributed by atoms with E-state index in [1.165, 1.54) is 6.07 Å². The van der Waals surface area contributed by atoms with E-state index in [9.17, 15) is 19.5 Å². The van der Waals surface area contributed by atoms with Gasteiger partial charge in [0.05, 0.1) is 16.1 Å². The van der Waals surface area contributed by atoms with Crippen LogP contribution in [0.25, 0.3) is 10.9 Å². The molecule has 0 radical (unpaired) electrons. The highest BCUT2D eigenvalue weighted by Crippen LogP contribution is 2.27. The van der Waals surface area contributed by atoms with Gasteiger partial charge >= 0.3 is 12.1 Å². The normalized spacial score (nSPS) is 11.5. The zero-order valence-electron chi connectivity index (χ0n) is 21.0. The van der Waals surface area contributed by atoms with Crippen LogP contribution in [0.3, 0.4) is 0 Å². The van der Waals surface area contributed by atoms with Crippen molar-refractivity contribution in [3.8, 4) is 5.75 Å². The molecule has 0 aliphatic heterocycles. The minimum absolute atomic E-state index is 0.0401. The van der Waals surface area contributed by atoms with Gasteiger partial charge in [-0.05, 0) is 48.9 Å². The molecule has 39 heavy (non-hydrogen) atoms. The topological polar surface area (TPSA) is 118 Å². The van der Waals surface area contributed by atoms with Gasteiger partial charge in [0.2, 0.25) is 0 Å². The van der Waals surface area contributed by atoms with Crippen molar-refractivity contribution in [3.05, 3.63) is 101 Å². The van der Waals surface area contributed by atoms with E-state index in [-0.39, 0.29) is 17.0 Å². The van der Waals surface area contributed by atoms with E-state index in [0.717, 1.165) is 21.5 Å². The third-order valence-corrected chi connectivity index (χ3v) is 7.12. The summed E-state index contributed by atoms with van der Waals surface area (Å²) in [6, 6.07) is 21.7. The number of carbonyl (C=O) groups excluding carboxylic acids is 2. The number of hydrogen-bond acceptors (Lipinski definition) is 6. The summed E-state index contributed by atoms with van der Waals surface area (Å²) in [4.78, 5) is 42.1. The van der Waals surface area contributed by atoms with Crippen molar-refractivity contribution in [2.75, 3.05) is 12.3 Å². The number of rotatable bonds is 10. The maximum atomic E-state index is 12.5. The Labute approximate surface area is 234 Å². The first-order chi connectivity index (χ1) is 18.8. The molecule has 0 spiro atoms. The monoisotopic (exact) mass is 563 g/mol. The number of nitrogens with one attached hydrogen (secondary N) is 2. The molecule has 8 nitrogen and oxygen atoms in total. The van der Waals surface area contributed by atoms with Crippen LogP contribution in [0.1, 0.15) is 21.6 Å². The number of nitrogens with zero attached hydrogens (tertiary/aromatic N) is 1. The number of carbonyl (C=O) groups is 3. The Hall–Kier alpha value is -4.08. The van der Waals surface area contributed by atoms with Crippen molar-refractivity contribution >= 4 is 52.2 Å². The van der Waals surface area contributed by atoms with Gasteiger partial charge in [-0.3, -0.25) is 9.78 Å². The summed E-state index contributed by atoms with van der Waals surface area (Å²) in [5, 5.41) is 16.1. The zero-order valence-corrected chi connectivity index (χ0v) is 22.6. The van der Waals surface area contributed by atoms with Crippen molar-refractivity contribution in [2.45, 2.75) is 24.3 Å². The first-order valence-electron chi connectivity index (χ1n) is 12.1. The second-order valence-electron chi connectivity index (χ2n) is 8.64. The Morgan fingerprint density at radius 1 is 1.03 bits per heavy atom. The molecular formula is C29H26ClN3O5S. The highest BCUT2D eigenvalue weighted by Gasteiger charge is 2.22. The number of thioether (sulfide) groups is 1. The maximum absolute atomic E-state index is 12.5. The molecule has 0 aliphatic rings. The summed E-state index contributed by atoms with van der Waals surface area (Å²) in [5.41, 5.74) is 2.71. The molecule has 0 saturated heterocycles. The van der Waals surface area contributed by atoms with Crippen molar-refractivity contribution in [1.82, 2.24) is 15.6 Å². The van der Waals surface area contributed by atoms with Gasteiger partial charge in [-0.2, -0.15) is 0 Å². The summed E-state index contributed by atoms with van der Waals surface area (Å²) in [6.07, 6.45) is -0.548. The van der Waals surface area contributed by atoms with Gasteiger partial charge < -0.3 is 20.5 Å². The quantitative estimate of drug-likeness (QED) is 0.172. The average Bonchev–Trinajstić information content (AvgIpc) is 2.91. The van der Waals surface area contributed by atoms with Crippen LogP contribution >= 0.6 is 23.4 Å². The number of aryl methyl sites for hydroxylation is 1. The molecule has 0 bridgehead atoms. The Bertz CT molecular complexity index is 1500. The molecule has 3 aromatic carbocycles. The lowest BCUT2D eigenvalue weighted by Gasteiger charge is -2.15. The Morgan fingerprint density at radius 3 is 2.49 bits per heavy atom. The predicted octanol–water partition coefficient (Wildman–Crippen LogP) is 5.50. The van der Waals surface area contributed by atoms with E-state index in [1.54, 1.807) is 54.2 Å². The Morgan fingerprint density at radius 2 is 1.74 bits per heavy atom. The molecule has 1 unspecified atom stereocenters. The lowest BCUT2D eigenvalue weighted by atomic mass is 10.1.